The molecule has 0 saturated carbocycles. The molecule has 2 heterocycles. The van der Waals surface area contributed by atoms with Crippen molar-refractivity contribution < 1.29 is 13.2 Å². The minimum absolute atomic E-state index is 0.0251. The van der Waals surface area contributed by atoms with Crippen LogP contribution in [0.25, 0.3) is 0 Å². The lowest BCUT2D eigenvalue weighted by atomic mass is 10.0. The summed E-state index contributed by atoms with van der Waals surface area (Å²) in [4.78, 5) is 13.4. The van der Waals surface area contributed by atoms with E-state index in [2.05, 4.69) is 5.32 Å². The Morgan fingerprint density at radius 1 is 1.33 bits per heavy atom. The highest BCUT2D eigenvalue weighted by molar-refractivity contribution is 7.99. The summed E-state index contributed by atoms with van der Waals surface area (Å²) in [6.07, 6.45) is 1.27. The first-order valence-electron chi connectivity index (χ1n) is 6.88. The van der Waals surface area contributed by atoms with Crippen LogP contribution in [0.3, 0.4) is 0 Å². The van der Waals surface area contributed by atoms with E-state index in [1.54, 1.807) is 11.8 Å². The molecule has 2 aliphatic heterocycles. The first-order valence-corrected chi connectivity index (χ1v) is 10.1. The SMILES string of the molecule is O=C(NC1CCSc2ccc(Cl)cc21)C1CCS(=O)(=O)C1. The first-order chi connectivity index (χ1) is 9.94. The quantitative estimate of drug-likeness (QED) is 0.894. The molecule has 7 heteroatoms. The maximum absolute atomic E-state index is 12.3. The fourth-order valence-electron chi connectivity index (χ4n) is 2.81. The zero-order valence-electron chi connectivity index (χ0n) is 11.3. The monoisotopic (exact) mass is 345 g/mol. The van der Waals surface area contributed by atoms with Gasteiger partial charge in [0.05, 0.1) is 23.5 Å². The molecular weight excluding hydrogens is 330 g/mol. The predicted molar refractivity (Wildman–Crippen MR) is 84.4 cm³/mol. The van der Waals surface area contributed by atoms with Crippen LogP contribution < -0.4 is 5.32 Å². The van der Waals surface area contributed by atoms with Crippen LogP contribution >= 0.6 is 23.4 Å². The Bertz CT molecular complexity index is 675. The van der Waals surface area contributed by atoms with Crippen LogP contribution in [0, 0.1) is 5.92 Å². The van der Waals surface area contributed by atoms with Crippen LogP contribution in [0.5, 0.6) is 0 Å². The molecule has 2 unspecified atom stereocenters. The summed E-state index contributed by atoms with van der Waals surface area (Å²) in [5, 5.41) is 3.66. The van der Waals surface area contributed by atoms with Gasteiger partial charge in [-0.15, -0.1) is 11.8 Å². The Morgan fingerprint density at radius 3 is 2.86 bits per heavy atom. The molecule has 1 amide bonds. The Labute approximate surface area is 133 Å². The molecule has 1 fully saturated rings. The molecule has 0 bridgehead atoms. The summed E-state index contributed by atoms with van der Waals surface area (Å²) >= 11 is 7.80. The number of carbonyl (C=O) groups is 1. The van der Waals surface area contributed by atoms with Gasteiger partial charge in [-0.1, -0.05) is 11.6 Å². The van der Waals surface area contributed by atoms with Crippen molar-refractivity contribution in [2.45, 2.75) is 23.8 Å². The van der Waals surface area contributed by atoms with Gasteiger partial charge in [0, 0.05) is 15.7 Å². The van der Waals surface area contributed by atoms with Crippen LogP contribution in [0.1, 0.15) is 24.4 Å². The van der Waals surface area contributed by atoms with Crippen molar-refractivity contribution in [2.75, 3.05) is 17.3 Å². The lowest BCUT2D eigenvalue weighted by Crippen LogP contribution is -2.35. The summed E-state index contributed by atoms with van der Waals surface area (Å²) < 4.78 is 23.0. The number of hydrogen-bond donors (Lipinski definition) is 1. The van der Waals surface area contributed by atoms with Gasteiger partial charge in [-0.3, -0.25) is 4.79 Å². The van der Waals surface area contributed by atoms with Gasteiger partial charge in [0.25, 0.3) is 0 Å². The van der Waals surface area contributed by atoms with Crippen molar-refractivity contribution in [3.05, 3.63) is 28.8 Å². The molecule has 4 nitrogen and oxygen atoms in total. The lowest BCUT2D eigenvalue weighted by Gasteiger charge is -2.27. The van der Waals surface area contributed by atoms with Crippen molar-refractivity contribution in [3.63, 3.8) is 0 Å². The number of carbonyl (C=O) groups excluding carboxylic acids is 1. The highest BCUT2D eigenvalue weighted by atomic mass is 35.5. The average molecular weight is 346 g/mol. The van der Waals surface area contributed by atoms with E-state index >= 15 is 0 Å². The molecule has 0 radical (unpaired) electrons. The summed E-state index contributed by atoms with van der Waals surface area (Å²) in [5.41, 5.74) is 1.04. The Kier molecular flexibility index (Phi) is 4.21. The van der Waals surface area contributed by atoms with Gasteiger partial charge >= 0.3 is 0 Å². The van der Waals surface area contributed by atoms with Crippen molar-refractivity contribution in [2.24, 2.45) is 5.92 Å². The van der Waals surface area contributed by atoms with Crippen LogP contribution in [0.2, 0.25) is 5.02 Å². The first kappa shape index (κ1) is 15.2. The normalized spacial score (nSPS) is 27.1. The number of rotatable bonds is 2. The van der Waals surface area contributed by atoms with E-state index in [-0.39, 0.29) is 23.5 Å². The number of halogens is 1. The predicted octanol–water partition coefficient (Wildman–Crippen LogP) is 2.43. The van der Waals surface area contributed by atoms with E-state index < -0.39 is 15.8 Å². The second-order valence-electron chi connectivity index (χ2n) is 5.48. The minimum atomic E-state index is -3.03. The Morgan fingerprint density at radius 2 is 2.14 bits per heavy atom. The average Bonchev–Trinajstić information content (AvgIpc) is 2.80. The zero-order chi connectivity index (χ0) is 15.0. The van der Waals surface area contributed by atoms with Gasteiger partial charge < -0.3 is 5.32 Å². The van der Waals surface area contributed by atoms with Crippen LogP contribution in [0.4, 0.5) is 0 Å². The molecule has 0 aromatic heterocycles. The molecule has 1 saturated heterocycles. The third-order valence-corrected chi connectivity index (χ3v) is 7.06. The number of nitrogens with one attached hydrogen (secondary N) is 1. The summed E-state index contributed by atoms with van der Waals surface area (Å²) in [5.74, 6) is 0.463. The summed E-state index contributed by atoms with van der Waals surface area (Å²) in [6, 6.07) is 5.64. The summed E-state index contributed by atoms with van der Waals surface area (Å²) in [6.45, 7) is 0. The van der Waals surface area contributed by atoms with E-state index in [4.69, 9.17) is 11.6 Å². The summed E-state index contributed by atoms with van der Waals surface area (Å²) in [7, 11) is -3.03. The van der Waals surface area contributed by atoms with E-state index in [1.165, 1.54) is 0 Å². The highest BCUT2D eigenvalue weighted by Crippen LogP contribution is 2.37. The Balaban J connectivity index is 1.75. The van der Waals surface area contributed by atoms with Gasteiger partial charge in [-0.25, -0.2) is 8.42 Å². The molecule has 3 rings (SSSR count). The van der Waals surface area contributed by atoms with Crippen molar-refractivity contribution in [1.82, 2.24) is 5.32 Å². The second-order valence-corrected chi connectivity index (χ2v) is 9.28. The standard InChI is InChI=1S/C14H16ClNO3S2/c15-10-1-2-13-11(7-10)12(3-5-20-13)16-14(17)9-4-6-21(18,19)8-9/h1-2,7,9,12H,3-6,8H2,(H,16,17). The van der Waals surface area contributed by atoms with Crippen LogP contribution in [0.15, 0.2) is 23.1 Å². The molecule has 1 aromatic carbocycles. The fraction of sp³-hybridized carbons (Fsp3) is 0.500. The van der Waals surface area contributed by atoms with Gasteiger partial charge in [0.2, 0.25) is 5.91 Å². The molecule has 1 N–H and O–H groups in total. The highest BCUT2D eigenvalue weighted by Gasteiger charge is 2.34. The minimum Gasteiger partial charge on any atom is -0.349 e. The lowest BCUT2D eigenvalue weighted by molar-refractivity contribution is -0.125. The molecular formula is C14H16ClNO3S2. The second kappa shape index (κ2) is 5.82. The molecule has 21 heavy (non-hydrogen) atoms. The van der Waals surface area contributed by atoms with Gasteiger partial charge in [-0.2, -0.15) is 0 Å². The zero-order valence-corrected chi connectivity index (χ0v) is 13.7. The number of thioether (sulfide) groups is 1. The molecule has 2 aliphatic rings. The third kappa shape index (κ3) is 3.38. The van der Waals surface area contributed by atoms with E-state index in [1.807, 2.05) is 18.2 Å². The van der Waals surface area contributed by atoms with Crippen molar-refractivity contribution in [3.8, 4) is 0 Å². The number of fused-ring (bicyclic) bond motifs is 1. The fourth-order valence-corrected chi connectivity index (χ4v) is 5.83. The smallest absolute Gasteiger partial charge is 0.224 e. The molecule has 2 atom stereocenters. The number of sulfone groups is 1. The van der Waals surface area contributed by atoms with E-state index in [9.17, 15) is 13.2 Å². The third-order valence-electron chi connectivity index (χ3n) is 3.93. The number of amides is 1. The molecule has 0 spiro atoms. The van der Waals surface area contributed by atoms with E-state index in [0.29, 0.717) is 11.4 Å². The van der Waals surface area contributed by atoms with Gasteiger partial charge in [0.15, 0.2) is 9.84 Å². The molecule has 114 valence electrons. The van der Waals surface area contributed by atoms with Crippen LogP contribution in [-0.4, -0.2) is 31.6 Å². The van der Waals surface area contributed by atoms with E-state index in [0.717, 1.165) is 22.6 Å². The Hall–Kier alpha value is -0.720. The maximum Gasteiger partial charge on any atom is 0.224 e. The van der Waals surface area contributed by atoms with Gasteiger partial charge in [-0.05, 0) is 36.6 Å². The van der Waals surface area contributed by atoms with Crippen LogP contribution in [-0.2, 0) is 14.6 Å². The molecule has 0 aliphatic carbocycles. The largest absolute Gasteiger partial charge is 0.349 e. The topological polar surface area (TPSA) is 63.2 Å². The van der Waals surface area contributed by atoms with Crippen molar-refractivity contribution >= 4 is 39.1 Å². The molecule has 1 aromatic rings. The maximum atomic E-state index is 12.3. The number of benzene rings is 1. The van der Waals surface area contributed by atoms with Crippen molar-refractivity contribution in [1.29, 1.82) is 0 Å². The van der Waals surface area contributed by atoms with Gasteiger partial charge in [0.1, 0.15) is 0 Å². The number of hydrogen-bond acceptors (Lipinski definition) is 4.